The van der Waals surface area contributed by atoms with Gasteiger partial charge in [0.05, 0.1) is 10.7 Å². The van der Waals surface area contributed by atoms with E-state index in [2.05, 4.69) is 95.0 Å². The molecule has 270 valence electrons. The average molecular weight is 720 g/mol. The Hall–Kier alpha value is -5.09. The van der Waals surface area contributed by atoms with E-state index in [9.17, 15) is 4.79 Å². The molecule has 1 fully saturated rings. The highest BCUT2D eigenvalue weighted by Gasteiger charge is 2.16. The highest BCUT2D eigenvalue weighted by Crippen LogP contribution is 2.37. The summed E-state index contributed by atoms with van der Waals surface area (Å²) in [5, 5.41) is 16.2. The summed E-state index contributed by atoms with van der Waals surface area (Å²) in [6.45, 7) is 9.97. The number of nitrogen functional groups attached to an aromatic ring is 1. The predicted octanol–water partition coefficient (Wildman–Crippen LogP) is 7.79. The van der Waals surface area contributed by atoms with Crippen LogP contribution in [0.5, 0.6) is 11.5 Å². The van der Waals surface area contributed by atoms with Gasteiger partial charge in [0.25, 0.3) is 0 Å². The number of nitrogens with two attached hydrogens (primary N) is 1. The largest absolute Gasteiger partial charge is 0.488 e. The molecule has 0 bridgehead atoms. The zero-order chi connectivity index (χ0) is 36.5. The molecule has 0 spiro atoms. The second-order valence-corrected chi connectivity index (χ2v) is 13.5. The lowest BCUT2D eigenvalue weighted by Crippen LogP contribution is -2.43. The topological polar surface area (TPSA) is 122 Å². The molecule has 4 aromatic carbocycles. The van der Waals surface area contributed by atoms with Crippen LogP contribution in [0.4, 0.5) is 11.4 Å². The summed E-state index contributed by atoms with van der Waals surface area (Å²) >= 11 is 6.79. The smallest absolute Gasteiger partial charge is 0.303 e. The molecule has 1 aliphatic rings. The summed E-state index contributed by atoms with van der Waals surface area (Å²) in [7, 11) is 0. The van der Waals surface area contributed by atoms with Crippen molar-refractivity contribution in [3.63, 3.8) is 0 Å². The summed E-state index contributed by atoms with van der Waals surface area (Å²) < 4.78 is 12.6. The first kappa shape index (κ1) is 36.7. The first-order valence-electron chi connectivity index (χ1n) is 17.7. The number of piperazine rings is 1. The zero-order valence-electron chi connectivity index (χ0n) is 29.8. The number of nitrogens with zero attached hydrogens (tertiary/aromatic N) is 2. The maximum absolute atomic E-state index is 10.9. The van der Waals surface area contributed by atoms with E-state index in [4.69, 9.17) is 31.9 Å². The molecule has 5 N–H and O–H groups in total. The predicted molar refractivity (Wildman–Crippen MR) is 209 cm³/mol. The Balaban J connectivity index is 1.19. The van der Waals surface area contributed by atoms with Crippen molar-refractivity contribution < 1.29 is 19.4 Å². The van der Waals surface area contributed by atoms with Crippen molar-refractivity contribution >= 4 is 28.9 Å². The van der Waals surface area contributed by atoms with Crippen LogP contribution in [0.15, 0.2) is 91.3 Å². The number of carboxylic acid groups (broad SMARTS) is 1. The summed E-state index contributed by atoms with van der Waals surface area (Å²) in [6.07, 6.45) is 3.92. The van der Waals surface area contributed by atoms with E-state index in [1.807, 2.05) is 18.2 Å². The Morgan fingerprint density at radius 2 is 1.60 bits per heavy atom. The first-order chi connectivity index (χ1) is 25.3. The lowest BCUT2D eigenvalue weighted by molar-refractivity contribution is -0.137. The van der Waals surface area contributed by atoms with Gasteiger partial charge in [-0.3, -0.25) is 9.78 Å². The summed E-state index contributed by atoms with van der Waals surface area (Å²) in [5.41, 5.74) is 17.6. The molecule has 52 heavy (non-hydrogen) atoms. The minimum absolute atomic E-state index is 0.100. The van der Waals surface area contributed by atoms with E-state index < -0.39 is 5.97 Å². The molecule has 1 aliphatic heterocycles. The van der Waals surface area contributed by atoms with Gasteiger partial charge in [-0.15, -0.1) is 0 Å². The van der Waals surface area contributed by atoms with Gasteiger partial charge in [-0.05, 0) is 90.0 Å². The van der Waals surface area contributed by atoms with E-state index in [1.54, 1.807) is 12.4 Å². The van der Waals surface area contributed by atoms with Crippen LogP contribution in [-0.4, -0.2) is 48.8 Å². The van der Waals surface area contributed by atoms with Crippen LogP contribution >= 0.6 is 11.6 Å². The molecule has 0 unspecified atom stereocenters. The quantitative estimate of drug-likeness (QED) is 0.0804. The molecule has 9 nitrogen and oxygen atoms in total. The van der Waals surface area contributed by atoms with E-state index in [0.717, 1.165) is 54.0 Å². The summed E-state index contributed by atoms with van der Waals surface area (Å²) in [5.74, 6) is 0.290. The fraction of sp³-hybridized carbons (Fsp3) is 0.286. The minimum atomic E-state index is -0.817. The van der Waals surface area contributed by atoms with Crippen LogP contribution in [0.1, 0.15) is 40.7 Å². The number of hydrogen-bond acceptors (Lipinski definition) is 8. The van der Waals surface area contributed by atoms with Gasteiger partial charge in [0, 0.05) is 74.4 Å². The molecule has 1 saturated heterocycles. The monoisotopic (exact) mass is 719 g/mol. The molecule has 1 aromatic heterocycles. The number of halogens is 1. The number of rotatable bonds is 15. The zero-order valence-corrected chi connectivity index (χ0v) is 30.5. The Kier molecular flexibility index (Phi) is 12.3. The fourth-order valence-electron chi connectivity index (χ4n) is 6.60. The number of ether oxygens (including phenoxy) is 2. The highest BCUT2D eigenvalue weighted by molar-refractivity contribution is 6.32. The molecule has 2 heterocycles. The molecule has 0 radical (unpaired) electrons. The third kappa shape index (κ3) is 9.22. The van der Waals surface area contributed by atoms with E-state index in [-0.39, 0.29) is 13.0 Å². The second kappa shape index (κ2) is 17.4. The first-order valence-corrected chi connectivity index (χ1v) is 18.1. The summed E-state index contributed by atoms with van der Waals surface area (Å²) in [4.78, 5) is 17.5. The van der Waals surface area contributed by atoms with Crippen LogP contribution < -0.4 is 30.7 Å². The average Bonchev–Trinajstić information content (AvgIpc) is 3.15. The lowest BCUT2D eigenvalue weighted by Gasteiger charge is -2.29. The van der Waals surface area contributed by atoms with Gasteiger partial charge in [0.1, 0.15) is 24.7 Å². The number of aromatic nitrogens is 1. The van der Waals surface area contributed by atoms with Crippen molar-refractivity contribution in [3.05, 3.63) is 124 Å². The maximum atomic E-state index is 10.9. The molecule has 5 aromatic rings. The van der Waals surface area contributed by atoms with Crippen molar-refractivity contribution in [1.82, 2.24) is 15.6 Å². The molecule has 10 heteroatoms. The number of carbonyl (C=O) groups is 1. The standard InChI is InChI=1S/C42H46ClN5O4/c1-28-32(6-3-8-37(28)38-9-4-7-36(29(38)2)31-11-13-35(14-12-31)48-18-16-45-17-19-48)27-52-41-22-40(51-26-30-20-34(44)25-47-23-30)33(21-39(41)43)24-46-15-5-10-42(49)50/h3-4,6-9,11-14,20-23,25,45-46H,5,10,15-19,24,26-27,44H2,1-2H3,(H,49,50). The Labute approximate surface area is 310 Å². The molecule has 6 rings (SSSR count). The molecule has 0 atom stereocenters. The third-order valence-corrected chi connectivity index (χ3v) is 9.79. The summed E-state index contributed by atoms with van der Waals surface area (Å²) in [6, 6.07) is 27.2. The Morgan fingerprint density at radius 1 is 0.885 bits per heavy atom. The van der Waals surface area contributed by atoms with Crippen molar-refractivity contribution in [3.8, 4) is 33.8 Å². The van der Waals surface area contributed by atoms with Crippen LogP contribution in [-0.2, 0) is 24.6 Å². The van der Waals surface area contributed by atoms with Gasteiger partial charge in [-0.25, -0.2) is 0 Å². The second-order valence-electron chi connectivity index (χ2n) is 13.1. The molecule has 0 saturated carbocycles. The number of hydrogen-bond donors (Lipinski definition) is 4. The van der Waals surface area contributed by atoms with Crippen LogP contribution in [0.25, 0.3) is 22.3 Å². The fourth-order valence-corrected chi connectivity index (χ4v) is 6.84. The normalized spacial score (nSPS) is 12.9. The van der Waals surface area contributed by atoms with E-state index in [1.165, 1.54) is 27.9 Å². The highest BCUT2D eigenvalue weighted by atomic mass is 35.5. The number of pyridine rings is 1. The van der Waals surface area contributed by atoms with Gasteiger partial charge >= 0.3 is 5.97 Å². The van der Waals surface area contributed by atoms with Gasteiger partial charge in [0.15, 0.2) is 0 Å². The van der Waals surface area contributed by atoms with E-state index in [0.29, 0.717) is 48.3 Å². The maximum Gasteiger partial charge on any atom is 0.303 e. The van der Waals surface area contributed by atoms with Crippen molar-refractivity contribution in [2.24, 2.45) is 0 Å². The van der Waals surface area contributed by atoms with Crippen molar-refractivity contribution in [2.75, 3.05) is 43.4 Å². The van der Waals surface area contributed by atoms with Gasteiger partial charge in [-0.2, -0.15) is 0 Å². The Morgan fingerprint density at radius 3 is 2.35 bits per heavy atom. The van der Waals surface area contributed by atoms with E-state index >= 15 is 0 Å². The number of aliphatic carboxylic acids is 1. The van der Waals surface area contributed by atoms with Crippen molar-refractivity contribution in [1.29, 1.82) is 0 Å². The van der Waals surface area contributed by atoms with Crippen molar-refractivity contribution in [2.45, 2.75) is 46.4 Å². The third-order valence-electron chi connectivity index (χ3n) is 9.50. The Bertz CT molecular complexity index is 2000. The molecular weight excluding hydrogens is 674 g/mol. The number of anilines is 2. The lowest BCUT2D eigenvalue weighted by atomic mass is 9.89. The minimum Gasteiger partial charge on any atom is -0.488 e. The molecule has 0 aliphatic carbocycles. The molecule has 0 amide bonds. The van der Waals surface area contributed by atoms with Crippen LogP contribution in [0, 0.1) is 13.8 Å². The number of carboxylic acids is 1. The van der Waals surface area contributed by atoms with Crippen LogP contribution in [0.3, 0.4) is 0 Å². The van der Waals surface area contributed by atoms with Crippen LogP contribution in [0.2, 0.25) is 5.02 Å². The van der Waals surface area contributed by atoms with Gasteiger partial charge in [-0.1, -0.05) is 60.1 Å². The number of benzene rings is 4. The SMILES string of the molecule is Cc1c(COc2cc(OCc3cncc(N)c3)c(CNCCCC(=O)O)cc2Cl)cccc1-c1cccc(-c2ccc(N3CCNCC3)cc2)c1C. The number of nitrogens with one attached hydrogen (secondary N) is 2. The van der Waals surface area contributed by atoms with Gasteiger partial charge in [0.2, 0.25) is 0 Å². The molecular formula is C42H46ClN5O4. The van der Waals surface area contributed by atoms with Gasteiger partial charge < -0.3 is 35.8 Å².